The Morgan fingerprint density at radius 3 is 1.28 bits per heavy atom. The van der Waals surface area contributed by atoms with Gasteiger partial charge < -0.3 is 9.47 Å². The summed E-state index contributed by atoms with van der Waals surface area (Å²) in [5, 5.41) is 0. The summed E-state index contributed by atoms with van der Waals surface area (Å²) in [6.07, 6.45) is 4.05. The van der Waals surface area contributed by atoms with Crippen LogP contribution in [0.25, 0.3) is 22.3 Å². The van der Waals surface area contributed by atoms with E-state index in [1.165, 1.54) is 55.7 Å². The number of rotatable bonds is 5. The van der Waals surface area contributed by atoms with Crippen molar-refractivity contribution in [3.05, 3.63) is 130 Å². The van der Waals surface area contributed by atoms with E-state index < -0.39 is 0 Å². The normalized spacial score (nSPS) is 14.8. The number of methoxy groups -OCH3 is 2. The van der Waals surface area contributed by atoms with Crippen LogP contribution in [0, 0.1) is 0 Å². The lowest BCUT2D eigenvalue weighted by atomic mass is 9.72. The van der Waals surface area contributed by atoms with Gasteiger partial charge in [-0.2, -0.15) is 0 Å². The summed E-state index contributed by atoms with van der Waals surface area (Å²) in [4.78, 5) is 0. The van der Waals surface area contributed by atoms with E-state index in [-0.39, 0.29) is 0 Å². The lowest BCUT2D eigenvalue weighted by molar-refractivity contribution is 0.414. The first-order valence-corrected chi connectivity index (χ1v) is 12.7. The summed E-state index contributed by atoms with van der Waals surface area (Å²) >= 11 is 0. The molecule has 2 aliphatic carbocycles. The van der Waals surface area contributed by atoms with Crippen molar-refractivity contribution in [1.82, 2.24) is 0 Å². The van der Waals surface area contributed by atoms with Gasteiger partial charge in [0.2, 0.25) is 0 Å². The minimum absolute atomic E-state index is 0.893. The zero-order chi connectivity index (χ0) is 24.5. The van der Waals surface area contributed by atoms with Crippen molar-refractivity contribution in [2.75, 3.05) is 14.2 Å². The molecule has 0 unspecified atom stereocenters. The second kappa shape index (κ2) is 9.54. The molecular weight excluding hydrogens is 440 g/mol. The summed E-state index contributed by atoms with van der Waals surface area (Å²) in [6.45, 7) is 0. The van der Waals surface area contributed by atoms with Crippen LogP contribution in [0.2, 0.25) is 0 Å². The van der Waals surface area contributed by atoms with Crippen LogP contribution in [0.15, 0.2) is 97.1 Å². The summed E-state index contributed by atoms with van der Waals surface area (Å²) in [7, 11) is 3.50. The summed E-state index contributed by atoms with van der Waals surface area (Å²) in [6, 6.07) is 34.9. The maximum atomic E-state index is 5.72. The van der Waals surface area contributed by atoms with Crippen molar-refractivity contribution in [3.8, 4) is 11.5 Å². The Morgan fingerprint density at radius 2 is 0.889 bits per heavy atom. The summed E-state index contributed by atoms with van der Waals surface area (Å²) in [5.74, 6) is 1.79. The zero-order valence-electron chi connectivity index (χ0n) is 20.9. The highest BCUT2D eigenvalue weighted by Crippen LogP contribution is 2.51. The number of benzene rings is 4. The molecule has 4 aromatic rings. The minimum Gasteiger partial charge on any atom is -0.497 e. The zero-order valence-corrected chi connectivity index (χ0v) is 20.9. The van der Waals surface area contributed by atoms with Crippen molar-refractivity contribution in [1.29, 1.82) is 0 Å². The molecule has 4 aromatic carbocycles. The molecule has 2 nitrogen and oxygen atoms in total. The van der Waals surface area contributed by atoms with Crippen molar-refractivity contribution in [2.24, 2.45) is 0 Å². The first kappa shape index (κ1) is 22.4. The second-order valence-corrected chi connectivity index (χ2v) is 9.49. The standard InChI is InChI=1S/C34H30O2/c1-35-27-17-13-25-15-19-29(23-9-5-3-6-10-23)33(31(25)21-27)34-30(24-11-7-4-8-12-24)20-16-26-14-18-28(36-2)22-32(26)34/h3-14,17-18,21-22H,15-16,19-20H2,1-2H3. The van der Waals surface area contributed by atoms with Crippen molar-refractivity contribution in [2.45, 2.75) is 25.7 Å². The molecule has 0 bridgehead atoms. The maximum Gasteiger partial charge on any atom is 0.119 e. The van der Waals surface area contributed by atoms with E-state index in [1.807, 2.05) is 0 Å². The van der Waals surface area contributed by atoms with Crippen LogP contribution >= 0.6 is 0 Å². The Bertz CT molecular complexity index is 1360. The molecule has 2 aliphatic rings. The topological polar surface area (TPSA) is 18.5 Å². The Labute approximate surface area is 213 Å². The monoisotopic (exact) mass is 470 g/mol. The molecule has 178 valence electrons. The minimum atomic E-state index is 0.893. The molecular formula is C34H30O2. The maximum absolute atomic E-state index is 5.72. The first-order valence-electron chi connectivity index (χ1n) is 12.7. The third-order valence-electron chi connectivity index (χ3n) is 7.56. The van der Waals surface area contributed by atoms with E-state index in [0.717, 1.165) is 37.2 Å². The lowest BCUT2D eigenvalue weighted by Gasteiger charge is -2.32. The van der Waals surface area contributed by atoms with E-state index in [1.54, 1.807) is 14.2 Å². The van der Waals surface area contributed by atoms with Gasteiger partial charge in [0.15, 0.2) is 0 Å². The van der Waals surface area contributed by atoms with E-state index in [0.29, 0.717) is 0 Å². The van der Waals surface area contributed by atoms with E-state index >= 15 is 0 Å². The molecule has 0 amide bonds. The fourth-order valence-corrected chi connectivity index (χ4v) is 5.79. The smallest absolute Gasteiger partial charge is 0.119 e. The number of aryl methyl sites for hydroxylation is 2. The van der Waals surface area contributed by atoms with Gasteiger partial charge in [-0.15, -0.1) is 0 Å². The molecule has 0 aromatic heterocycles. The predicted molar refractivity (Wildman–Crippen MR) is 149 cm³/mol. The molecule has 0 saturated carbocycles. The lowest BCUT2D eigenvalue weighted by Crippen LogP contribution is -2.12. The van der Waals surface area contributed by atoms with Gasteiger partial charge in [-0.05, 0) is 106 Å². The highest BCUT2D eigenvalue weighted by molar-refractivity contribution is 6.23. The van der Waals surface area contributed by atoms with Crippen molar-refractivity contribution >= 4 is 22.3 Å². The van der Waals surface area contributed by atoms with Crippen LogP contribution in [-0.2, 0) is 12.8 Å². The Balaban J connectivity index is 1.74. The molecule has 36 heavy (non-hydrogen) atoms. The summed E-state index contributed by atoms with van der Waals surface area (Å²) in [5.41, 5.74) is 13.3. The van der Waals surface area contributed by atoms with Gasteiger partial charge in [0.1, 0.15) is 11.5 Å². The van der Waals surface area contributed by atoms with Crippen LogP contribution in [0.5, 0.6) is 11.5 Å². The molecule has 0 saturated heterocycles. The van der Waals surface area contributed by atoms with Crippen molar-refractivity contribution < 1.29 is 9.47 Å². The van der Waals surface area contributed by atoms with Gasteiger partial charge in [0.25, 0.3) is 0 Å². The highest BCUT2D eigenvalue weighted by atomic mass is 16.5. The quantitative estimate of drug-likeness (QED) is 0.293. The average molecular weight is 471 g/mol. The molecule has 0 N–H and O–H groups in total. The Kier molecular flexibility index (Phi) is 5.95. The van der Waals surface area contributed by atoms with Crippen LogP contribution in [0.3, 0.4) is 0 Å². The third kappa shape index (κ3) is 3.93. The van der Waals surface area contributed by atoms with Gasteiger partial charge in [-0.3, -0.25) is 0 Å². The molecule has 0 aliphatic heterocycles. The average Bonchev–Trinajstić information content (AvgIpc) is 2.96. The van der Waals surface area contributed by atoms with Gasteiger partial charge >= 0.3 is 0 Å². The van der Waals surface area contributed by atoms with Crippen molar-refractivity contribution in [3.63, 3.8) is 0 Å². The Morgan fingerprint density at radius 1 is 0.472 bits per heavy atom. The third-order valence-corrected chi connectivity index (χ3v) is 7.56. The number of fused-ring (bicyclic) bond motifs is 2. The molecule has 2 heteroatoms. The summed E-state index contributed by atoms with van der Waals surface area (Å²) < 4.78 is 11.4. The van der Waals surface area contributed by atoms with Gasteiger partial charge in [0, 0.05) is 0 Å². The number of allylic oxidation sites excluding steroid dienone is 4. The van der Waals surface area contributed by atoms with Crippen LogP contribution in [0.4, 0.5) is 0 Å². The predicted octanol–water partition coefficient (Wildman–Crippen LogP) is 8.12. The van der Waals surface area contributed by atoms with Crippen LogP contribution in [-0.4, -0.2) is 14.2 Å². The van der Waals surface area contributed by atoms with E-state index in [9.17, 15) is 0 Å². The first-order chi connectivity index (χ1) is 17.8. The second-order valence-electron chi connectivity index (χ2n) is 9.49. The molecule has 0 heterocycles. The van der Waals surface area contributed by atoms with Crippen LogP contribution < -0.4 is 9.47 Å². The number of hydrogen-bond donors (Lipinski definition) is 0. The SMILES string of the molecule is COc1ccc2c(c1)C(C1=C(c3ccccc3)CCc3ccc(OC)cc31)=C(c1ccccc1)CC2. The van der Waals surface area contributed by atoms with Gasteiger partial charge in [0.05, 0.1) is 14.2 Å². The fraction of sp³-hybridized carbons (Fsp3) is 0.176. The number of hydrogen-bond acceptors (Lipinski definition) is 2. The van der Waals surface area contributed by atoms with E-state index in [4.69, 9.17) is 9.47 Å². The molecule has 0 radical (unpaired) electrons. The number of ether oxygens (including phenoxy) is 2. The fourth-order valence-electron chi connectivity index (χ4n) is 5.79. The van der Waals surface area contributed by atoms with E-state index in [2.05, 4.69) is 97.1 Å². The molecule has 0 spiro atoms. The van der Waals surface area contributed by atoms with Gasteiger partial charge in [-0.1, -0.05) is 72.8 Å². The van der Waals surface area contributed by atoms with Gasteiger partial charge in [-0.25, -0.2) is 0 Å². The highest BCUT2D eigenvalue weighted by Gasteiger charge is 2.30. The van der Waals surface area contributed by atoms with Crippen LogP contribution in [0.1, 0.15) is 46.2 Å². The molecule has 0 atom stereocenters. The largest absolute Gasteiger partial charge is 0.497 e. The Hall–Kier alpha value is -4.04. The molecule has 0 fully saturated rings. The molecule has 6 rings (SSSR count).